The summed E-state index contributed by atoms with van der Waals surface area (Å²) in [6.07, 6.45) is 2.61. The largest absolute Gasteiger partial charge is 0.480 e. The third kappa shape index (κ3) is 5.60. The number of rotatable bonds is 10. The summed E-state index contributed by atoms with van der Waals surface area (Å²) in [5, 5.41) is 15.8. The first-order valence-corrected chi connectivity index (χ1v) is 10.3. The molecule has 8 nitrogen and oxygen atoms in total. The predicted molar refractivity (Wildman–Crippen MR) is 116 cm³/mol. The molecule has 0 radical (unpaired) electrons. The van der Waals surface area contributed by atoms with E-state index in [0.717, 1.165) is 22.9 Å². The molecule has 4 atom stereocenters. The van der Waals surface area contributed by atoms with Gasteiger partial charge in [-0.25, -0.2) is 4.79 Å². The van der Waals surface area contributed by atoms with Crippen LogP contribution in [0.2, 0.25) is 0 Å². The van der Waals surface area contributed by atoms with Crippen molar-refractivity contribution >= 4 is 28.7 Å². The predicted octanol–water partition coefficient (Wildman–Crippen LogP) is 1.79. The van der Waals surface area contributed by atoms with Crippen LogP contribution in [0.15, 0.2) is 30.5 Å². The van der Waals surface area contributed by atoms with E-state index in [1.165, 1.54) is 0 Å². The van der Waals surface area contributed by atoms with Gasteiger partial charge < -0.3 is 26.5 Å². The van der Waals surface area contributed by atoms with Crippen molar-refractivity contribution in [3.63, 3.8) is 0 Å². The molecule has 6 N–H and O–H groups in total. The third-order valence-electron chi connectivity index (χ3n) is 5.52. The lowest BCUT2D eigenvalue weighted by molar-refractivity contribution is -0.142. The number of nitrogens with one attached hydrogen (secondary N) is 3. The van der Waals surface area contributed by atoms with E-state index < -0.39 is 35.9 Å². The summed E-state index contributed by atoms with van der Waals surface area (Å²) in [4.78, 5) is 40.2. The fourth-order valence-electron chi connectivity index (χ4n) is 3.28. The van der Waals surface area contributed by atoms with Gasteiger partial charge >= 0.3 is 5.97 Å². The van der Waals surface area contributed by atoms with Gasteiger partial charge in [-0.15, -0.1) is 0 Å². The van der Waals surface area contributed by atoms with Crippen LogP contribution in [0.1, 0.15) is 39.7 Å². The number of hydrogen-bond donors (Lipinski definition) is 5. The number of amides is 2. The molecule has 8 heteroatoms. The minimum absolute atomic E-state index is 0.0329. The zero-order valence-electron chi connectivity index (χ0n) is 17.9. The Hall–Kier alpha value is -2.87. The molecule has 0 aliphatic carbocycles. The van der Waals surface area contributed by atoms with E-state index in [1.54, 1.807) is 20.0 Å². The van der Waals surface area contributed by atoms with Crippen molar-refractivity contribution in [2.24, 2.45) is 17.6 Å². The van der Waals surface area contributed by atoms with Crippen LogP contribution in [0.4, 0.5) is 0 Å². The van der Waals surface area contributed by atoms with E-state index in [0.29, 0.717) is 0 Å². The highest BCUT2D eigenvalue weighted by molar-refractivity contribution is 5.92. The summed E-state index contributed by atoms with van der Waals surface area (Å²) in [5.74, 6) is -2.36. The molecular formula is C22H32N4O4. The first-order valence-electron chi connectivity index (χ1n) is 10.3. The van der Waals surface area contributed by atoms with Crippen LogP contribution < -0.4 is 16.4 Å². The van der Waals surface area contributed by atoms with E-state index in [4.69, 9.17) is 5.73 Å². The monoisotopic (exact) mass is 416 g/mol. The lowest BCUT2D eigenvalue weighted by Gasteiger charge is -2.26. The van der Waals surface area contributed by atoms with Gasteiger partial charge in [-0.3, -0.25) is 9.59 Å². The molecule has 0 fully saturated rings. The summed E-state index contributed by atoms with van der Waals surface area (Å²) in [6, 6.07) is 4.83. The van der Waals surface area contributed by atoms with Gasteiger partial charge in [-0.1, -0.05) is 52.3 Å². The van der Waals surface area contributed by atoms with Gasteiger partial charge in [0.05, 0.1) is 6.04 Å². The third-order valence-corrected chi connectivity index (χ3v) is 5.52. The van der Waals surface area contributed by atoms with Crippen LogP contribution in [0.5, 0.6) is 0 Å². The topological polar surface area (TPSA) is 137 Å². The van der Waals surface area contributed by atoms with E-state index >= 15 is 0 Å². The van der Waals surface area contributed by atoms with Gasteiger partial charge in [-0.2, -0.15) is 0 Å². The molecule has 2 aromatic rings. The second-order valence-corrected chi connectivity index (χ2v) is 8.10. The fraction of sp³-hybridized carbons (Fsp3) is 0.500. The number of carbonyl (C=O) groups is 3. The number of fused-ring (bicyclic) bond motifs is 1. The van der Waals surface area contributed by atoms with Crippen molar-refractivity contribution < 1.29 is 19.5 Å². The molecule has 0 bridgehead atoms. The van der Waals surface area contributed by atoms with Crippen molar-refractivity contribution in [1.82, 2.24) is 15.6 Å². The molecular weight excluding hydrogens is 384 g/mol. The van der Waals surface area contributed by atoms with Crippen LogP contribution in [0, 0.1) is 11.8 Å². The van der Waals surface area contributed by atoms with Crippen LogP contribution in [-0.2, 0) is 20.8 Å². The number of benzene rings is 1. The van der Waals surface area contributed by atoms with Gasteiger partial charge in [0, 0.05) is 23.5 Å². The summed E-state index contributed by atoms with van der Waals surface area (Å²) in [5.41, 5.74) is 7.66. The van der Waals surface area contributed by atoms with Crippen LogP contribution in [0.3, 0.4) is 0 Å². The van der Waals surface area contributed by atoms with Crippen molar-refractivity contribution in [2.45, 2.75) is 58.7 Å². The summed E-state index contributed by atoms with van der Waals surface area (Å²) < 4.78 is 0. The van der Waals surface area contributed by atoms with Crippen molar-refractivity contribution in [3.05, 3.63) is 36.0 Å². The smallest absolute Gasteiger partial charge is 0.326 e. The highest BCUT2D eigenvalue weighted by Gasteiger charge is 2.31. The molecule has 164 valence electrons. The molecule has 0 saturated heterocycles. The highest BCUT2D eigenvalue weighted by Crippen LogP contribution is 2.19. The Balaban J connectivity index is 2.13. The molecule has 1 heterocycles. The van der Waals surface area contributed by atoms with Crippen LogP contribution >= 0.6 is 0 Å². The molecule has 0 aliphatic rings. The zero-order chi connectivity index (χ0) is 22.4. The molecule has 1 aromatic carbocycles. The number of aromatic amines is 1. The molecule has 0 aliphatic heterocycles. The molecule has 1 aromatic heterocycles. The van der Waals surface area contributed by atoms with Crippen molar-refractivity contribution in [1.29, 1.82) is 0 Å². The van der Waals surface area contributed by atoms with E-state index in [2.05, 4.69) is 15.6 Å². The van der Waals surface area contributed by atoms with Crippen LogP contribution in [0.25, 0.3) is 10.9 Å². The number of carboxylic acids is 1. The maximum atomic E-state index is 12.9. The van der Waals surface area contributed by atoms with Gasteiger partial charge in [0.15, 0.2) is 0 Å². The number of nitrogens with two attached hydrogens (primary N) is 1. The standard InChI is InChI=1S/C22H32N4O4/c1-5-13(4)18(23)20(27)26-19(12(2)3)21(28)25-17(22(29)30)10-14-11-24-16-9-7-6-8-15(14)16/h6-9,11-13,17-19,24H,5,10,23H2,1-4H3,(H,25,28)(H,26,27)(H,29,30)/t13?,17-,18-,19-/m0/s1. The Bertz CT molecular complexity index is 892. The second kappa shape index (κ2) is 10.2. The summed E-state index contributed by atoms with van der Waals surface area (Å²) >= 11 is 0. The van der Waals surface area contributed by atoms with Crippen molar-refractivity contribution in [3.8, 4) is 0 Å². The molecule has 1 unspecified atom stereocenters. The van der Waals surface area contributed by atoms with E-state index in [1.807, 2.05) is 38.1 Å². The molecule has 2 amide bonds. The fourth-order valence-corrected chi connectivity index (χ4v) is 3.28. The number of carboxylic acid groups (broad SMARTS) is 1. The maximum Gasteiger partial charge on any atom is 0.326 e. The lowest BCUT2D eigenvalue weighted by Crippen LogP contribution is -2.57. The Morgan fingerprint density at radius 1 is 1.10 bits per heavy atom. The number of aromatic nitrogens is 1. The Morgan fingerprint density at radius 2 is 1.77 bits per heavy atom. The first kappa shape index (κ1) is 23.4. The van der Waals surface area contributed by atoms with E-state index in [9.17, 15) is 19.5 Å². The molecule has 30 heavy (non-hydrogen) atoms. The van der Waals surface area contributed by atoms with Gasteiger partial charge in [0.25, 0.3) is 0 Å². The van der Waals surface area contributed by atoms with E-state index in [-0.39, 0.29) is 18.3 Å². The summed E-state index contributed by atoms with van der Waals surface area (Å²) in [6.45, 7) is 7.38. The second-order valence-electron chi connectivity index (χ2n) is 8.10. The molecule has 2 rings (SSSR count). The number of aliphatic carboxylic acids is 1. The summed E-state index contributed by atoms with van der Waals surface area (Å²) in [7, 11) is 0. The Kier molecular flexibility index (Phi) is 8.00. The Morgan fingerprint density at radius 3 is 2.37 bits per heavy atom. The lowest BCUT2D eigenvalue weighted by atomic mass is 9.97. The first-order chi connectivity index (χ1) is 14.1. The molecule has 0 spiro atoms. The zero-order valence-corrected chi connectivity index (χ0v) is 17.9. The maximum absolute atomic E-state index is 12.9. The molecule has 0 saturated carbocycles. The number of hydrogen-bond acceptors (Lipinski definition) is 4. The SMILES string of the molecule is CCC(C)[C@H](N)C(=O)N[C@H](C(=O)N[C@@H](Cc1c[nH]c2ccccc12)C(=O)O)C(C)C. The number of carbonyl (C=O) groups excluding carboxylic acids is 2. The van der Waals surface area contributed by atoms with Gasteiger partial charge in [0.2, 0.25) is 11.8 Å². The highest BCUT2D eigenvalue weighted by atomic mass is 16.4. The van der Waals surface area contributed by atoms with Crippen molar-refractivity contribution in [2.75, 3.05) is 0 Å². The normalized spacial score (nSPS) is 15.4. The van der Waals surface area contributed by atoms with Crippen LogP contribution in [-0.4, -0.2) is 46.0 Å². The van der Waals surface area contributed by atoms with Gasteiger partial charge in [0.1, 0.15) is 12.1 Å². The number of para-hydroxylation sites is 1. The minimum atomic E-state index is -1.14. The average Bonchev–Trinajstić information content (AvgIpc) is 3.12. The average molecular weight is 417 g/mol. The minimum Gasteiger partial charge on any atom is -0.480 e. The van der Waals surface area contributed by atoms with Gasteiger partial charge in [-0.05, 0) is 23.5 Å². The number of H-pyrrole nitrogens is 1. The Labute approximate surface area is 176 Å². The quantitative estimate of drug-likeness (QED) is 0.402.